The molecule has 1 fully saturated rings. The van der Waals surface area contributed by atoms with E-state index in [4.69, 9.17) is 5.73 Å². The van der Waals surface area contributed by atoms with Crippen LogP contribution >= 0.6 is 0 Å². The lowest BCUT2D eigenvalue weighted by Crippen LogP contribution is -2.48. The average molecular weight is 284 g/mol. The van der Waals surface area contributed by atoms with Crippen molar-refractivity contribution in [3.05, 3.63) is 18.2 Å². The summed E-state index contributed by atoms with van der Waals surface area (Å²) in [4.78, 5) is 13.2. The van der Waals surface area contributed by atoms with Crippen LogP contribution in [0.4, 0.5) is 11.4 Å². The van der Waals surface area contributed by atoms with Crippen molar-refractivity contribution < 1.29 is 13.2 Å². The lowest BCUT2D eigenvalue weighted by atomic mass is 10.2. The van der Waals surface area contributed by atoms with Crippen LogP contribution in [0, 0.1) is 0 Å². The molecule has 1 aliphatic rings. The molecule has 8 heteroatoms. The Morgan fingerprint density at radius 3 is 2.79 bits per heavy atom. The molecule has 0 bridgehead atoms. The maximum Gasteiger partial charge on any atom is 0.242 e. The van der Waals surface area contributed by atoms with E-state index in [-0.39, 0.29) is 17.3 Å². The first-order valence-corrected chi connectivity index (χ1v) is 7.27. The SMILES string of the molecule is CNS(=O)(=O)c1cc(N)ccc1N1CCNC(=O)C1. The Morgan fingerprint density at radius 1 is 1.42 bits per heavy atom. The molecule has 0 aliphatic carbocycles. The zero-order chi connectivity index (χ0) is 14.0. The highest BCUT2D eigenvalue weighted by Crippen LogP contribution is 2.27. The number of hydrogen-bond acceptors (Lipinski definition) is 5. The third kappa shape index (κ3) is 2.79. The first-order chi connectivity index (χ1) is 8.94. The Bertz CT molecular complexity index is 600. The van der Waals surface area contributed by atoms with Gasteiger partial charge in [0, 0.05) is 18.8 Å². The Kier molecular flexibility index (Phi) is 3.63. The van der Waals surface area contributed by atoms with Crippen LogP contribution in [0.3, 0.4) is 0 Å². The van der Waals surface area contributed by atoms with Crippen molar-refractivity contribution in [2.75, 3.05) is 37.3 Å². The van der Waals surface area contributed by atoms with Crippen LogP contribution in [-0.4, -0.2) is 41.0 Å². The Labute approximate surface area is 111 Å². The second-order valence-corrected chi connectivity index (χ2v) is 6.06. The van der Waals surface area contributed by atoms with Gasteiger partial charge in [0.2, 0.25) is 15.9 Å². The molecular formula is C11H16N4O3S. The molecule has 0 unspecified atom stereocenters. The molecule has 19 heavy (non-hydrogen) atoms. The van der Waals surface area contributed by atoms with Gasteiger partial charge in [0.15, 0.2) is 0 Å². The predicted molar refractivity (Wildman–Crippen MR) is 72.3 cm³/mol. The molecule has 0 aromatic heterocycles. The molecule has 0 spiro atoms. The number of hydrogen-bond donors (Lipinski definition) is 3. The van der Waals surface area contributed by atoms with Crippen molar-refractivity contribution >= 4 is 27.3 Å². The van der Waals surface area contributed by atoms with Crippen LogP contribution < -0.4 is 20.7 Å². The molecule has 2 rings (SSSR count). The van der Waals surface area contributed by atoms with Gasteiger partial charge in [-0.25, -0.2) is 13.1 Å². The van der Waals surface area contributed by atoms with E-state index in [1.54, 1.807) is 17.0 Å². The zero-order valence-corrected chi connectivity index (χ0v) is 11.3. The van der Waals surface area contributed by atoms with Crippen LogP contribution in [-0.2, 0) is 14.8 Å². The second kappa shape index (κ2) is 5.06. The van der Waals surface area contributed by atoms with Crippen LogP contribution in [0.5, 0.6) is 0 Å². The van der Waals surface area contributed by atoms with Gasteiger partial charge in [0.25, 0.3) is 0 Å². The summed E-state index contributed by atoms with van der Waals surface area (Å²) in [6.45, 7) is 1.18. The molecular weight excluding hydrogens is 268 g/mol. The summed E-state index contributed by atoms with van der Waals surface area (Å²) < 4.78 is 26.3. The van der Waals surface area contributed by atoms with Gasteiger partial charge in [-0.05, 0) is 25.2 Å². The zero-order valence-electron chi connectivity index (χ0n) is 10.5. The van der Waals surface area contributed by atoms with E-state index in [9.17, 15) is 13.2 Å². The van der Waals surface area contributed by atoms with Gasteiger partial charge in [0.1, 0.15) is 4.90 Å². The van der Waals surface area contributed by atoms with Gasteiger partial charge >= 0.3 is 0 Å². The highest BCUT2D eigenvalue weighted by molar-refractivity contribution is 7.89. The summed E-state index contributed by atoms with van der Waals surface area (Å²) in [5.41, 5.74) is 6.49. The normalized spacial score (nSPS) is 16.3. The third-order valence-electron chi connectivity index (χ3n) is 2.92. The smallest absolute Gasteiger partial charge is 0.242 e. The monoisotopic (exact) mass is 284 g/mol. The predicted octanol–water partition coefficient (Wildman–Crippen LogP) is -0.887. The van der Waals surface area contributed by atoms with E-state index in [0.29, 0.717) is 24.5 Å². The van der Waals surface area contributed by atoms with Crippen molar-refractivity contribution in [1.82, 2.24) is 10.0 Å². The summed E-state index contributed by atoms with van der Waals surface area (Å²) in [6, 6.07) is 4.64. The van der Waals surface area contributed by atoms with Crippen molar-refractivity contribution in [3.63, 3.8) is 0 Å². The van der Waals surface area contributed by atoms with Crippen molar-refractivity contribution in [2.24, 2.45) is 0 Å². The fraction of sp³-hybridized carbons (Fsp3) is 0.364. The van der Waals surface area contributed by atoms with Gasteiger partial charge in [-0.1, -0.05) is 0 Å². The third-order valence-corrected chi connectivity index (χ3v) is 4.36. The molecule has 0 radical (unpaired) electrons. The lowest BCUT2D eigenvalue weighted by Gasteiger charge is -2.30. The highest BCUT2D eigenvalue weighted by atomic mass is 32.2. The van der Waals surface area contributed by atoms with Crippen molar-refractivity contribution in [1.29, 1.82) is 0 Å². The van der Waals surface area contributed by atoms with Gasteiger partial charge in [-0.15, -0.1) is 0 Å². The number of nitrogens with one attached hydrogen (secondary N) is 2. The number of anilines is 2. The minimum Gasteiger partial charge on any atom is -0.399 e. The molecule has 1 aromatic carbocycles. The number of carbonyl (C=O) groups is 1. The average Bonchev–Trinajstić information content (AvgIpc) is 2.38. The summed E-state index contributed by atoms with van der Waals surface area (Å²) in [6.07, 6.45) is 0. The Morgan fingerprint density at radius 2 is 2.16 bits per heavy atom. The molecule has 104 valence electrons. The standard InChI is InChI=1S/C11H16N4O3S/c1-13-19(17,18)10-6-8(12)2-3-9(10)15-5-4-14-11(16)7-15/h2-3,6,13H,4-5,7,12H2,1H3,(H,14,16). The number of amides is 1. The number of nitrogens with two attached hydrogens (primary N) is 1. The summed E-state index contributed by atoms with van der Waals surface area (Å²) in [5, 5.41) is 2.69. The van der Waals surface area contributed by atoms with Crippen molar-refractivity contribution in [2.45, 2.75) is 4.90 Å². The second-order valence-electron chi connectivity index (χ2n) is 4.21. The van der Waals surface area contributed by atoms with E-state index in [2.05, 4.69) is 10.0 Å². The number of nitrogens with zero attached hydrogens (tertiary/aromatic N) is 1. The van der Waals surface area contributed by atoms with Crippen molar-refractivity contribution in [3.8, 4) is 0 Å². The molecule has 0 atom stereocenters. The molecule has 0 saturated carbocycles. The van der Waals surface area contributed by atoms with Crippen LogP contribution in [0.15, 0.2) is 23.1 Å². The number of rotatable bonds is 3. The van der Waals surface area contributed by atoms with Crippen LogP contribution in [0.2, 0.25) is 0 Å². The first-order valence-electron chi connectivity index (χ1n) is 5.79. The fourth-order valence-corrected chi connectivity index (χ4v) is 2.94. The topological polar surface area (TPSA) is 105 Å². The number of carbonyl (C=O) groups excluding carboxylic acids is 1. The Balaban J connectivity index is 2.48. The summed E-state index contributed by atoms with van der Waals surface area (Å²) >= 11 is 0. The number of piperazine rings is 1. The Hall–Kier alpha value is -1.80. The molecule has 7 nitrogen and oxygen atoms in total. The van der Waals surface area contributed by atoms with Gasteiger partial charge in [-0.2, -0.15) is 0 Å². The molecule has 1 amide bonds. The maximum absolute atomic E-state index is 12.0. The highest BCUT2D eigenvalue weighted by Gasteiger charge is 2.24. The quantitative estimate of drug-likeness (QED) is 0.625. The van der Waals surface area contributed by atoms with E-state index >= 15 is 0 Å². The van der Waals surface area contributed by atoms with Crippen LogP contribution in [0.1, 0.15) is 0 Å². The maximum atomic E-state index is 12.0. The van der Waals surface area contributed by atoms with E-state index < -0.39 is 10.0 Å². The first kappa shape index (κ1) is 13.6. The van der Waals surface area contributed by atoms with E-state index in [1.165, 1.54) is 13.1 Å². The molecule has 1 aliphatic heterocycles. The lowest BCUT2D eigenvalue weighted by molar-refractivity contribution is -0.120. The molecule has 4 N–H and O–H groups in total. The van der Waals surface area contributed by atoms with Gasteiger partial charge in [0.05, 0.1) is 12.2 Å². The fourth-order valence-electron chi connectivity index (χ4n) is 1.96. The summed E-state index contributed by atoms with van der Waals surface area (Å²) in [7, 11) is -2.28. The number of sulfonamides is 1. The minimum absolute atomic E-state index is 0.0877. The number of benzene rings is 1. The molecule has 1 saturated heterocycles. The molecule has 1 aromatic rings. The minimum atomic E-state index is -3.62. The largest absolute Gasteiger partial charge is 0.399 e. The van der Waals surface area contributed by atoms with E-state index in [1.807, 2.05) is 0 Å². The van der Waals surface area contributed by atoms with Gasteiger partial charge in [-0.3, -0.25) is 4.79 Å². The molecule has 1 heterocycles. The van der Waals surface area contributed by atoms with Gasteiger partial charge < -0.3 is 16.0 Å². The number of nitrogen functional groups attached to an aromatic ring is 1. The van der Waals surface area contributed by atoms with Crippen LogP contribution in [0.25, 0.3) is 0 Å². The van der Waals surface area contributed by atoms with E-state index in [0.717, 1.165) is 0 Å². The summed E-state index contributed by atoms with van der Waals surface area (Å²) in [5.74, 6) is -0.129.